The molecule has 25 heavy (non-hydrogen) atoms. The number of halogens is 1. The van der Waals surface area contributed by atoms with E-state index in [1.165, 1.54) is 31.2 Å². The molecule has 0 heterocycles. The first-order valence-electron chi connectivity index (χ1n) is 7.90. The van der Waals surface area contributed by atoms with Crippen LogP contribution in [0.1, 0.15) is 33.6 Å². The maximum Gasteiger partial charge on any atom is 0.329 e. The number of thioether (sulfide) groups is 1. The quantitative estimate of drug-likeness (QED) is 0.621. The topological polar surface area (TPSA) is 95.5 Å². The zero-order chi connectivity index (χ0) is 19.0. The standard InChI is InChI=1S/C17H23FN2O4S/c1-4-9-17(3,16(23)24)20-15(22)11(2)25-10-14(21)19-13-7-5-12(18)6-8-13/h5-8,11H,4,9-10H2,1-3H3,(H,19,21)(H,20,22)(H,23,24). The van der Waals surface area contributed by atoms with Crippen LogP contribution in [0.4, 0.5) is 10.1 Å². The zero-order valence-corrected chi connectivity index (χ0v) is 15.3. The highest BCUT2D eigenvalue weighted by atomic mass is 32.2. The van der Waals surface area contributed by atoms with Crippen LogP contribution in [0.3, 0.4) is 0 Å². The Morgan fingerprint density at radius 3 is 2.40 bits per heavy atom. The molecule has 0 saturated carbocycles. The predicted molar refractivity (Wildman–Crippen MR) is 96.0 cm³/mol. The predicted octanol–water partition coefficient (Wildman–Crippen LogP) is 2.65. The summed E-state index contributed by atoms with van der Waals surface area (Å²) in [6, 6.07) is 5.35. The first-order chi connectivity index (χ1) is 11.7. The second-order valence-corrected chi connectivity index (χ2v) is 7.21. The van der Waals surface area contributed by atoms with Crippen LogP contribution < -0.4 is 10.6 Å². The minimum Gasteiger partial charge on any atom is -0.480 e. The number of carbonyl (C=O) groups excluding carboxylic acids is 2. The second-order valence-electron chi connectivity index (χ2n) is 5.88. The Hall–Kier alpha value is -2.09. The van der Waals surface area contributed by atoms with Gasteiger partial charge < -0.3 is 15.7 Å². The highest BCUT2D eigenvalue weighted by Crippen LogP contribution is 2.17. The Bertz CT molecular complexity index is 624. The van der Waals surface area contributed by atoms with E-state index in [-0.39, 0.29) is 11.7 Å². The molecule has 3 N–H and O–H groups in total. The van der Waals surface area contributed by atoms with Gasteiger partial charge in [0.25, 0.3) is 0 Å². The van der Waals surface area contributed by atoms with Gasteiger partial charge in [-0.2, -0.15) is 0 Å². The number of aliphatic carboxylic acids is 1. The second kappa shape index (κ2) is 9.41. The van der Waals surface area contributed by atoms with E-state index in [2.05, 4.69) is 10.6 Å². The van der Waals surface area contributed by atoms with Gasteiger partial charge in [0.15, 0.2) is 0 Å². The van der Waals surface area contributed by atoms with Crippen molar-refractivity contribution in [3.63, 3.8) is 0 Å². The zero-order valence-electron chi connectivity index (χ0n) is 14.5. The number of carboxylic acids is 1. The summed E-state index contributed by atoms with van der Waals surface area (Å²) in [5.41, 5.74) is -0.859. The smallest absolute Gasteiger partial charge is 0.329 e. The summed E-state index contributed by atoms with van der Waals surface area (Å²) in [4.78, 5) is 35.4. The minimum absolute atomic E-state index is 0.0174. The highest BCUT2D eigenvalue weighted by molar-refractivity contribution is 8.01. The van der Waals surface area contributed by atoms with E-state index in [0.717, 1.165) is 11.8 Å². The third-order valence-electron chi connectivity index (χ3n) is 3.58. The Kier molecular flexibility index (Phi) is 7.89. The van der Waals surface area contributed by atoms with Crippen molar-refractivity contribution >= 4 is 35.2 Å². The lowest BCUT2D eigenvalue weighted by atomic mass is 9.96. The van der Waals surface area contributed by atoms with E-state index in [0.29, 0.717) is 18.5 Å². The number of hydrogen-bond acceptors (Lipinski definition) is 4. The Morgan fingerprint density at radius 1 is 1.28 bits per heavy atom. The first kappa shape index (κ1) is 21.0. The Labute approximate surface area is 150 Å². The van der Waals surface area contributed by atoms with Crippen molar-refractivity contribution in [1.82, 2.24) is 5.32 Å². The van der Waals surface area contributed by atoms with E-state index in [1.54, 1.807) is 6.92 Å². The molecule has 1 aromatic rings. The van der Waals surface area contributed by atoms with Gasteiger partial charge in [-0.1, -0.05) is 13.3 Å². The number of amides is 2. The number of benzene rings is 1. The van der Waals surface area contributed by atoms with Crippen LogP contribution in [-0.4, -0.2) is 39.4 Å². The molecule has 2 amide bonds. The molecule has 0 spiro atoms. The summed E-state index contributed by atoms with van der Waals surface area (Å²) < 4.78 is 12.8. The van der Waals surface area contributed by atoms with Gasteiger partial charge in [-0.15, -0.1) is 11.8 Å². The molecule has 2 unspecified atom stereocenters. The van der Waals surface area contributed by atoms with Gasteiger partial charge in [-0.05, 0) is 44.5 Å². The molecule has 0 aliphatic rings. The van der Waals surface area contributed by atoms with Crippen molar-refractivity contribution in [1.29, 1.82) is 0 Å². The Morgan fingerprint density at radius 2 is 1.88 bits per heavy atom. The number of nitrogens with one attached hydrogen (secondary N) is 2. The van der Waals surface area contributed by atoms with Crippen molar-refractivity contribution in [3.8, 4) is 0 Å². The first-order valence-corrected chi connectivity index (χ1v) is 8.95. The highest BCUT2D eigenvalue weighted by Gasteiger charge is 2.35. The van der Waals surface area contributed by atoms with E-state index < -0.39 is 28.5 Å². The summed E-state index contributed by atoms with van der Waals surface area (Å²) in [6.07, 6.45) is 0.932. The summed E-state index contributed by atoms with van der Waals surface area (Å²) >= 11 is 1.09. The molecule has 2 atom stereocenters. The van der Waals surface area contributed by atoms with Gasteiger partial charge in [0, 0.05) is 5.69 Å². The molecule has 0 saturated heterocycles. The number of hydrogen-bond donors (Lipinski definition) is 3. The number of carbonyl (C=O) groups is 3. The fourth-order valence-electron chi connectivity index (χ4n) is 2.10. The molecule has 0 radical (unpaired) electrons. The van der Waals surface area contributed by atoms with Gasteiger partial charge in [0.1, 0.15) is 11.4 Å². The summed E-state index contributed by atoms with van der Waals surface area (Å²) in [7, 11) is 0. The van der Waals surface area contributed by atoms with Crippen LogP contribution >= 0.6 is 11.8 Å². The SMILES string of the molecule is CCCC(C)(NC(=O)C(C)SCC(=O)Nc1ccc(F)cc1)C(=O)O. The van der Waals surface area contributed by atoms with Gasteiger partial charge in [0.2, 0.25) is 11.8 Å². The third-order valence-corrected chi connectivity index (χ3v) is 4.73. The van der Waals surface area contributed by atoms with E-state index >= 15 is 0 Å². The van der Waals surface area contributed by atoms with Crippen LogP contribution in [0.15, 0.2) is 24.3 Å². The van der Waals surface area contributed by atoms with Gasteiger partial charge in [-0.25, -0.2) is 9.18 Å². The molecule has 8 heteroatoms. The molecule has 0 aliphatic heterocycles. The summed E-state index contributed by atoms with van der Waals surface area (Å²) in [6.45, 7) is 4.92. The fraction of sp³-hybridized carbons (Fsp3) is 0.471. The molecule has 0 aliphatic carbocycles. The van der Waals surface area contributed by atoms with Crippen molar-refractivity contribution < 1.29 is 23.9 Å². The van der Waals surface area contributed by atoms with Crippen LogP contribution in [-0.2, 0) is 14.4 Å². The fourth-order valence-corrected chi connectivity index (χ4v) is 2.79. The monoisotopic (exact) mass is 370 g/mol. The largest absolute Gasteiger partial charge is 0.480 e. The normalized spacial score (nSPS) is 14.2. The molecule has 1 aromatic carbocycles. The van der Waals surface area contributed by atoms with Crippen molar-refractivity contribution in [2.75, 3.05) is 11.1 Å². The summed E-state index contributed by atoms with van der Waals surface area (Å²) in [5.74, 6) is -2.23. The molecule has 0 aromatic heterocycles. The maximum absolute atomic E-state index is 12.8. The number of rotatable bonds is 9. The lowest BCUT2D eigenvalue weighted by molar-refractivity contribution is -0.147. The van der Waals surface area contributed by atoms with Gasteiger partial charge >= 0.3 is 5.97 Å². The van der Waals surface area contributed by atoms with Gasteiger partial charge in [0.05, 0.1) is 11.0 Å². The molecular formula is C17H23FN2O4S. The molecule has 0 bridgehead atoms. The average Bonchev–Trinajstić information content (AvgIpc) is 2.54. The lowest BCUT2D eigenvalue weighted by Gasteiger charge is -2.27. The molecular weight excluding hydrogens is 347 g/mol. The van der Waals surface area contributed by atoms with Crippen molar-refractivity contribution in [2.45, 2.75) is 44.4 Å². The van der Waals surface area contributed by atoms with Crippen LogP contribution in [0, 0.1) is 5.82 Å². The molecule has 1 rings (SSSR count). The van der Waals surface area contributed by atoms with Crippen LogP contribution in [0.2, 0.25) is 0 Å². The molecule has 0 fully saturated rings. The van der Waals surface area contributed by atoms with Crippen LogP contribution in [0.5, 0.6) is 0 Å². The third kappa shape index (κ3) is 6.74. The van der Waals surface area contributed by atoms with Gasteiger partial charge in [-0.3, -0.25) is 9.59 Å². The molecule has 138 valence electrons. The van der Waals surface area contributed by atoms with Crippen LogP contribution in [0.25, 0.3) is 0 Å². The number of anilines is 1. The minimum atomic E-state index is -1.32. The Balaban J connectivity index is 2.50. The van der Waals surface area contributed by atoms with E-state index in [9.17, 15) is 23.9 Å². The van der Waals surface area contributed by atoms with Crippen molar-refractivity contribution in [3.05, 3.63) is 30.1 Å². The van der Waals surface area contributed by atoms with Crippen molar-refractivity contribution in [2.24, 2.45) is 0 Å². The van der Waals surface area contributed by atoms with E-state index in [4.69, 9.17) is 0 Å². The number of carboxylic acid groups (broad SMARTS) is 1. The van der Waals surface area contributed by atoms with E-state index in [1.807, 2.05) is 6.92 Å². The molecule has 6 nitrogen and oxygen atoms in total. The lowest BCUT2D eigenvalue weighted by Crippen LogP contribution is -2.54. The average molecular weight is 370 g/mol. The summed E-state index contributed by atoms with van der Waals surface area (Å²) in [5, 5.41) is 13.8. The maximum atomic E-state index is 12.8.